The summed E-state index contributed by atoms with van der Waals surface area (Å²) in [6, 6.07) is 12.5. The van der Waals surface area contributed by atoms with Crippen molar-refractivity contribution in [3.63, 3.8) is 0 Å². The molecule has 2 saturated heterocycles. The lowest BCUT2D eigenvalue weighted by atomic mass is 10.0. The zero-order valence-electron chi connectivity index (χ0n) is 16.3. The van der Waals surface area contributed by atoms with E-state index in [9.17, 15) is 4.79 Å². The molecule has 146 valence electrons. The maximum Gasteiger partial charge on any atom is 0.194 e. The molecule has 2 N–H and O–H groups in total. The Labute approximate surface area is 165 Å². The van der Waals surface area contributed by atoms with Gasteiger partial charge in [0.25, 0.3) is 0 Å². The molecule has 0 spiro atoms. The Balaban J connectivity index is 1.36. The number of fused-ring (bicyclic) bond motifs is 3. The van der Waals surface area contributed by atoms with Crippen LogP contribution in [0.3, 0.4) is 0 Å². The van der Waals surface area contributed by atoms with E-state index in [0.29, 0.717) is 23.2 Å². The highest BCUT2D eigenvalue weighted by Gasteiger charge is 2.30. The van der Waals surface area contributed by atoms with E-state index in [0.717, 1.165) is 48.6 Å². The van der Waals surface area contributed by atoms with Gasteiger partial charge < -0.3 is 20.1 Å². The van der Waals surface area contributed by atoms with Crippen LogP contribution in [0.2, 0.25) is 0 Å². The molecule has 0 amide bonds. The second-order valence-corrected chi connectivity index (χ2v) is 8.09. The summed E-state index contributed by atoms with van der Waals surface area (Å²) in [5.41, 5.74) is 3.38. The Hall–Kier alpha value is -2.37. The molecule has 5 rings (SSSR count). The van der Waals surface area contributed by atoms with Gasteiger partial charge in [0, 0.05) is 23.2 Å². The third-order valence-corrected chi connectivity index (χ3v) is 6.26. The fraction of sp³-hybridized carbons (Fsp3) is 0.435. The second kappa shape index (κ2) is 6.90. The number of ketones is 1. The van der Waals surface area contributed by atoms with E-state index in [1.807, 2.05) is 36.4 Å². The van der Waals surface area contributed by atoms with Crippen molar-refractivity contribution in [1.29, 1.82) is 0 Å². The van der Waals surface area contributed by atoms with Crippen LogP contribution in [0.4, 0.5) is 0 Å². The van der Waals surface area contributed by atoms with E-state index in [1.165, 1.54) is 0 Å². The van der Waals surface area contributed by atoms with Crippen LogP contribution in [0, 0.1) is 0 Å². The van der Waals surface area contributed by atoms with E-state index < -0.39 is 0 Å². The van der Waals surface area contributed by atoms with Gasteiger partial charge in [0.15, 0.2) is 5.78 Å². The highest BCUT2D eigenvalue weighted by molar-refractivity contribution is 6.22. The topological polar surface area (TPSA) is 59.6 Å². The van der Waals surface area contributed by atoms with E-state index in [2.05, 4.69) is 24.5 Å². The molecule has 5 nitrogen and oxygen atoms in total. The summed E-state index contributed by atoms with van der Waals surface area (Å²) in [5.74, 6) is 1.55. The molecule has 0 radical (unpaired) electrons. The van der Waals surface area contributed by atoms with Crippen LogP contribution in [-0.4, -0.2) is 43.2 Å². The number of rotatable bonds is 6. The van der Waals surface area contributed by atoms with Gasteiger partial charge in [-0.25, -0.2) is 0 Å². The molecule has 28 heavy (non-hydrogen) atoms. The first-order chi connectivity index (χ1) is 13.6. The summed E-state index contributed by atoms with van der Waals surface area (Å²) in [4.78, 5) is 13.0. The molecule has 4 atom stereocenters. The van der Waals surface area contributed by atoms with Crippen LogP contribution in [0.25, 0.3) is 11.1 Å². The molecule has 2 unspecified atom stereocenters. The molecule has 5 heteroatoms. The number of carbonyl (C=O) groups is 1. The minimum absolute atomic E-state index is 0.0461. The predicted octanol–water partition coefficient (Wildman–Crippen LogP) is 3.16. The number of nitrogens with one attached hydrogen (secondary N) is 2. The molecule has 0 bridgehead atoms. The van der Waals surface area contributed by atoms with Gasteiger partial charge in [-0.3, -0.25) is 4.79 Å². The van der Waals surface area contributed by atoms with E-state index in [-0.39, 0.29) is 18.0 Å². The molecule has 2 aromatic carbocycles. The van der Waals surface area contributed by atoms with Crippen molar-refractivity contribution in [2.75, 3.05) is 13.1 Å². The summed E-state index contributed by atoms with van der Waals surface area (Å²) in [5, 5.41) is 6.74. The first-order valence-corrected chi connectivity index (χ1v) is 10.2. The maximum atomic E-state index is 13.0. The van der Waals surface area contributed by atoms with Gasteiger partial charge in [-0.1, -0.05) is 0 Å². The molecule has 0 saturated carbocycles. The molecule has 1 aliphatic carbocycles. The second-order valence-electron chi connectivity index (χ2n) is 8.09. The molecule has 2 heterocycles. The summed E-state index contributed by atoms with van der Waals surface area (Å²) in [7, 11) is 0. The normalized spacial score (nSPS) is 24.4. The van der Waals surface area contributed by atoms with Crippen molar-refractivity contribution in [2.45, 2.75) is 51.0 Å². The number of carbonyl (C=O) groups excluding carboxylic acids is 1. The average Bonchev–Trinajstić information content (AvgIpc) is 2.84. The van der Waals surface area contributed by atoms with Crippen LogP contribution in [0.5, 0.6) is 11.5 Å². The molecule has 3 aliphatic rings. The van der Waals surface area contributed by atoms with Crippen LogP contribution in [-0.2, 0) is 0 Å². The molecular weight excluding hydrogens is 352 g/mol. The minimum atomic E-state index is 0.0461. The van der Waals surface area contributed by atoms with E-state index >= 15 is 0 Å². The van der Waals surface area contributed by atoms with Crippen molar-refractivity contribution in [1.82, 2.24) is 10.6 Å². The predicted molar refractivity (Wildman–Crippen MR) is 108 cm³/mol. The smallest absolute Gasteiger partial charge is 0.194 e. The average molecular weight is 378 g/mol. The highest BCUT2D eigenvalue weighted by Crippen LogP contribution is 2.40. The van der Waals surface area contributed by atoms with Gasteiger partial charge in [0.2, 0.25) is 0 Å². The Kier molecular flexibility index (Phi) is 4.37. The maximum absolute atomic E-state index is 13.0. The van der Waals surface area contributed by atoms with Gasteiger partial charge in [0.05, 0.1) is 0 Å². The fourth-order valence-corrected chi connectivity index (χ4v) is 4.20. The Morgan fingerprint density at radius 2 is 1.21 bits per heavy atom. The van der Waals surface area contributed by atoms with Crippen molar-refractivity contribution < 1.29 is 14.3 Å². The van der Waals surface area contributed by atoms with Crippen LogP contribution in [0.1, 0.15) is 42.6 Å². The quantitative estimate of drug-likeness (QED) is 0.690. The number of benzene rings is 2. The first-order valence-electron chi connectivity index (χ1n) is 10.2. The molecule has 2 aromatic rings. The zero-order valence-corrected chi connectivity index (χ0v) is 16.3. The fourth-order valence-electron chi connectivity index (χ4n) is 4.20. The minimum Gasteiger partial charge on any atom is -0.489 e. The Morgan fingerprint density at radius 1 is 0.786 bits per heavy atom. The summed E-state index contributed by atoms with van der Waals surface area (Å²) < 4.78 is 12.1. The Bertz CT molecular complexity index is 845. The van der Waals surface area contributed by atoms with E-state index in [4.69, 9.17) is 9.47 Å². The molecule has 2 aliphatic heterocycles. The van der Waals surface area contributed by atoms with Gasteiger partial charge >= 0.3 is 0 Å². The third kappa shape index (κ3) is 2.99. The number of ether oxygens (including phenoxy) is 2. The number of hydrogen-bond acceptors (Lipinski definition) is 5. The first kappa shape index (κ1) is 17.7. The standard InChI is InChI=1S/C23H26N2O3/c1-13(21-7-9-24-21)27-15-3-5-17-18-6-4-16(28-14(2)22-8-10-25-22)12-20(18)23(26)19(17)11-15/h3-6,11-14,21-22,24-25H,7-10H2,1-2H3/t13?,14?,21-,22-/m1/s1. The van der Waals surface area contributed by atoms with Gasteiger partial charge in [-0.05, 0) is 87.3 Å². The number of hydrogen-bond donors (Lipinski definition) is 2. The monoisotopic (exact) mass is 378 g/mol. The summed E-state index contributed by atoms with van der Waals surface area (Å²) in [6.07, 6.45) is 2.45. The third-order valence-electron chi connectivity index (χ3n) is 6.26. The van der Waals surface area contributed by atoms with Gasteiger partial charge in [-0.2, -0.15) is 0 Å². The lowest BCUT2D eigenvalue weighted by Crippen LogP contribution is -2.51. The van der Waals surface area contributed by atoms with Gasteiger partial charge in [0.1, 0.15) is 23.7 Å². The van der Waals surface area contributed by atoms with Crippen molar-refractivity contribution in [2.24, 2.45) is 0 Å². The summed E-state index contributed by atoms with van der Waals surface area (Å²) in [6.45, 7) is 6.25. The summed E-state index contributed by atoms with van der Waals surface area (Å²) >= 11 is 0. The van der Waals surface area contributed by atoms with Crippen LogP contribution >= 0.6 is 0 Å². The SMILES string of the molecule is CC(Oc1ccc2c(c1)C(=O)c1cc(OC(C)[C@H]3CCN3)ccc1-2)[C@H]1CCN1. The van der Waals surface area contributed by atoms with Gasteiger partial charge in [-0.15, -0.1) is 0 Å². The van der Waals surface area contributed by atoms with Crippen molar-refractivity contribution >= 4 is 5.78 Å². The largest absolute Gasteiger partial charge is 0.489 e. The highest BCUT2D eigenvalue weighted by atomic mass is 16.5. The zero-order chi connectivity index (χ0) is 19.3. The van der Waals surface area contributed by atoms with Crippen molar-refractivity contribution in [3.8, 4) is 22.6 Å². The van der Waals surface area contributed by atoms with Crippen LogP contribution in [0.15, 0.2) is 36.4 Å². The Morgan fingerprint density at radius 3 is 1.57 bits per heavy atom. The van der Waals surface area contributed by atoms with Crippen molar-refractivity contribution in [3.05, 3.63) is 47.5 Å². The molecule has 0 aromatic heterocycles. The van der Waals surface area contributed by atoms with E-state index in [1.54, 1.807) is 0 Å². The lowest BCUT2D eigenvalue weighted by molar-refractivity contribution is 0.103. The lowest BCUT2D eigenvalue weighted by Gasteiger charge is -2.33. The molecular formula is C23H26N2O3. The van der Waals surface area contributed by atoms with Crippen LogP contribution < -0.4 is 20.1 Å². The molecule has 2 fully saturated rings.